The summed E-state index contributed by atoms with van der Waals surface area (Å²) < 4.78 is 32.2. The van der Waals surface area contributed by atoms with E-state index in [1.165, 1.54) is 0 Å². The molecular weight excluding hydrogens is 227 g/mol. The van der Waals surface area contributed by atoms with Gasteiger partial charge in [0, 0.05) is 0 Å². The molecular formula is C9H19NaO4S. The molecule has 0 aromatic rings. The van der Waals surface area contributed by atoms with Crippen molar-refractivity contribution in [2.24, 2.45) is 0 Å². The molecule has 15 heavy (non-hydrogen) atoms. The Labute approximate surface area is 114 Å². The summed E-state index contributed by atoms with van der Waals surface area (Å²) in [5, 5.41) is 8.35. The van der Waals surface area contributed by atoms with Crippen LogP contribution in [-0.4, -0.2) is 29.4 Å². The Kier molecular flexibility index (Phi) is 10.9. The average molecular weight is 246 g/mol. The molecule has 2 unspecified atom stereocenters. The van der Waals surface area contributed by atoms with Crippen LogP contribution < -0.4 is 29.6 Å². The molecule has 0 aromatic heterocycles. The molecule has 0 radical (unpaired) electrons. The van der Waals surface area contributed by atoms with Crippen LogP contribution in [-0.2, 0) is 10.1 Å². The van der Waals surface area contributed by atoms with Crippen molar-refractivity contribution in [2.45, 2.75) is 57.3 Å². The first-order valence-electron chi connectivity index (χ1n) is 5.06. The molecule has 0 aliphatic carbocycles. The van der Waals surface area contributed by atoms with Gasteiger partial charge >= 0.3 is 29.6 Å². The summed E-state index contributed by atoms with van der Waals surface area (Å²) in [6.45, 7) is 3.62. The molecule has 0 spiro atoms. The predicted molar refractivity (Wildman–Crippen MR) is 53.9 cm³/mol. The first kappa shape index (κ1) is 18.2. The molecule has 86 valence electrons. The van der Waals surface area contributed by atoms with E-state index in [1.54, 1.807) is 6.92 Å². The molecule has 0 aromatic carbocycles. The maximum atomic E-state index is 10.7. The van der Waals surface area contributed by atoms with Crippen LogP contribution in [0.1, 0.15) is 46.0 Å². The minimum atomic E-state index is -4.35. The number of rotatable bonds is 7. The van der Waals surface area contributed by atoms with Crippen LogP contribution in [0.2, 0.25) is 0 Å². The molecule has 0 amide bonds. The summed E-state index contributed by atoms with van der Waals surface area (Å²) in [5.41, 5.74) is 0. The third kappa shape index (κ3) is 7.71. The van der Waals surface area contributed by atoms with Crippen LogP contribution in [0, 0.1) is 0 Å². The van der Waals surface area contributed by atoms with E-state index in [1.807, 2.05) is 6.92 Å². The minimum Gasteiger partial charge on any atom is -0.748 e. The van der Waals surface area contributed by atoms with Gasteiger partial charge in [0.15, 0.2) is 0 Å². The topological polar surface area (TPSA) is 77.4 Å². The van der Waals surface area contributed by atoms with Crippen LogP contribution in [0.3, 0.4) is 0 Å². The first-order chi connectivity index (χ1) is 6.43. The van der Waals surface area contributed by atoms with Crippen molar-refractivity contribution in [2.75, 3.05) is 0 Å². The van der Waals surface area contributed by atoms with Crippen molar-refractivity contribution in [3.8, 4) is 0 Å². The van der Waals surface area contributed by atoms with Gasteiger partial charge in [-0.25, -0.2) is 8.42 Å². The largest absolute Gasteiger partial charge is 1.00 e. The molecule has 2 atom stereocenters. The second-order valence-corrected chi connectivity index (χ2v) is 5.09. The average Bonchev–Trinajstić information content (AvgIpc) is 2.03. The van der Waals surface area contributed by atoms with Gasteiger partial charge < -0.3 is 9.66 Å². The molecule has 4 nitrogen and oxygen atoms in total. The number of unbranched alkanes of at least 4 members (excludes halogenated alkanes) is 2. The van der Waals surface area contributed by atoms with Gasteiger partial charge in [0.25, 0.3) is 0 Å². The fourth-order valence-electron chi connectivity index (χ4n) is 1.46. The Morgan fingerprint density at radius 1 is 1.27 bits per heavy atom. The number of aliphatic hydroxyl groups excluding tert-OH is 1. The molecule has 0 saturated carbocycles. The SMILES string of the molecule is CCCCCC(O)C(CC)S(=O)(=O)[O-].[Na+]. The summed E-state index contributed by atoms with van der Waals surface area (Å²) in [6, 6.07) is 0. The van der Waals surface area contributed by atoms with E-state index >= 15 is 0 Å². The first-order valence-corrected chi connectivity index (χ1v) is 6.53. The van der Waals surface area contributed by atoms with Crippen molar-refractivity contribution in [1.82, 2.24) is 0 Å². The summed E-state index contributed by atoms with van der Waals surface area (Å²) >= 11 is 0. The van der Waals surface area contributed by atoms with Crippen molar-refractivity contribution in [3.05, 3.63) is 0 Å². The summed E-state index contributed by atoms with van der Waals surface area (Å²) in [7, 11) is -4.35. The molecule has 0 rings (SSSR count). The monoisotopic (exact) mass is 246 g/mol. The van der Waals surface area contributed by atoms with Gasteiger partial charge in [0.2, 0.25) is 0 Å². The molecule has 0 fully saturated rings. The quantitative estimate of drug-likeness (QED) is 0.328. The molecule has 0 aliphatic heterocycles. The van der Waals surface area contributed by atoms with E-state index in [4.69, 9.17) is 0 Å². The van der Waals surface area contributed by atoms with E-state index in [0.29, 0.717) is 6.42 Å². The van der Waals surface area contributed by atoms with E-state index in [0.717, 1.165) is 19.3 Å². The normalized spacial score (nSPS) is 15.5. The zero-order chi connectivity index (χ0) is 11.2. The Morgan fingerprint density at radius 2 is 1.80 bits per heavy atom. The summed E-state index contributed by atoms with van der Waals surface area (Å²) in [6.07, 6.45) is 2.30. The van der Waals surface area contributed by atoms with Gasteiger partial charge in [0.05, 0.1) is 11.4 Å². The third-order valence-corrected chi connectivity index (χ3v) is 3.69. The van der Waals surface area contributed by atoms with Crippen LogP contribution >= 0.6 is 0 Å². The van der Waals surface area contributed by atoms with Crippen molar-refractivity contribution >= 4 is 10.1 Å². The van der Waals surface area contributed by atoms with Gasteiger partial charge in [0.1, 0.15) is 10.1 Å². The van der Waals surface area contributed by atoms with E-state index in [9.17, 15) is 18.1 Å². The van der Waals surface area contributed by atoms with Gasteiger partial charge in [-0.1, -0.05) is 33.1 Å². The predicted octanol–water partition coefficient (Wildman–Crippen LogP) is -1.74. The molecule has 1 N–H and O–H groups in total. The van der Waals surface area contributed by atoms with E-state index in [2.05, 4.69) is 0 Å². The van der Waals surface area contributed by atoms with Crippen LogP contribution in [0.4, 0.5) is 0 Å². The maximum Gasteiger partial charge on any atom is 1.00 e. The smallest absolute Gasteiger partial charge is 0.748 e. The van der Waals surface area contributed by atoms with Crippen LogP contribution in [0.15, 0.2) is 0 Å². The van der Waals surface area contributed by atoms with E-state index in [-0.39, 0.29) is 36.0 Å². The minimum absolute atomic E-state index is 0. The summed E-state index contributed by atoms with van der Waals surface area (Å²) in [4.78, 5) is 0. The summed E-state index contributed by atoms with van der Waals surface area (Å²) in [5.74, 6) is 0. The Hall–Kier alpha value is 0.870. The third-order valence-electron chi connectivity index (χ3n) is 2.31. The van der Waals surface area contributed by atoms with Crippen molar-refractivity contribution in [3.63, 3.8) is 0 Å². The maximum absolute atomic E-state index is 10.7. The zero-order valence-corrected chi connectivity index (χ0v) is 12.6. The fourth-order valence-corrected chi connectivity index (χ4v) is 2.39. The molecule has 0 bridgehead atoms. The molecule has 0 heterocycles. The van der Waals surface area contributed by atoms with Crippen LogP contribution in [0.25, 0.3) is 0 Å². The Bertz CT molecular complexity index is 240. The molecule has 6 heteroatoms. The van der Waals surface area contributed by atoms with Crippen molar-refractivity contribution < 1.29 is 47.6 Å². The van der Waals surface area contributed by atoms with Crippen LogP contribution in [0.5, 0.6) is 0 Å². The number of hydrogen-bond donors (Lipinski definition) is 1. The second kappa shape index (κ2) is 8.96. The second-order valence-electron chi connectivity index (χ2n) is 3.50. The Balaban J connectivity index is 0. The number of aliphatic hydroxyl groups is 1. The van der Waals surface area contributed by atoms with Gasteiger partial charge in [-0.05, 0) is 12.8 Å². The standard InChI is InChI=1S/C9H20O4S.Na/c1-3-5-6-7-8(10)9(4-2)14(11,12)13;/h8-10H,3-7H2,1-2H3,(H,11,12,13);/q;+1/p-1. The Morgan fingerprint density at radius 3 is 2.13 bits per heavy atom. The zero-order valence-electron chi connectivity index (χ0n) is 9.77. The molecule has 0 saturated heterocycles. The molecule has 0 aliphatic rings. The van der Waals surface area contributed by atoms with E-state index < -0.39 is 21.5 Å². The van der Waals surface area contributed by atoms with Gasteiger partial charge in [-0.2, -0.15) is 0 Å². The van der Waals surface area contributed by atoms with Crippen molar-refractivity contribution in [1.29, 1.82) is 0 Å². The van der Waals surface area contributed by atoms with Gasteiger partial charge in [-0.3, -0.25) is 0 Å². The number of hydrogen-bond acceptors (Lipinski definition) is 4. The van der Waals surface area contributed by atoms with Gasteiger partial charge in [-0.15, -0.1) is 0 Å². The fraction of sp³-hybridized carbons (Fsp3) is 1.00.